The second-order valence-corrected chi connectivity index (χ2v) is 6.54. The van der Waals surface area contributed by atoms with Gasteiger partial charge in [-0.05, 0) is 18.9 Å². The average Bonchev–Trinajstić information content (AvgIpc) is 3.09. The molecule has 6 heteroatoms. The van der Waals surface area contributed by atoms with Gasteiger partial charge in [-0.15, -0.1) is 23.7 Å². The Morgan fingerprint density at radius 2 is 1.87 bits per heavy atom. The van der Waals surface area contributed by atoms with Gasteiger partial charge in [-0.3, -0.25) is 4.79 Å². The molecule has 23 heavy (non-hydrogen) atoms. The number of carbonyl (C=O) groups excluding carboxylic acids is 1. The number of aryl methyl sites for hydroxylation is 2. The minimum Gasteiger partial charge on any atom is -0.345 e. The summed E-state index contributed by atoms with van der Waals surface area (Å²) in [5.74, 6) is 0.263. The first-order valence-electron chi connectivity index (χ1n) is 7.70. The standard InChI is InChI=1S/C17H21N3OS.ClH/c1-14-2-4-15(5-3-14)6-7-16(21)19-9-11-20(12-10-19)17-18-8-13-22-17;/h2-5,8,13H,6-7,9-12H2,1H3;1H. The number of hydrogen-bond donors (Lipinski definition) is 0. The zero-order valence-electron chi connectivity index (χ0n) is 13.3. The summed E-state index contributed by atoms with van der Waals surface area (Å²) < 4.78 is 0. The Bertz CT molecular complexity index is 607. The van der Waals surface area contributed by atoms with Crippen LogP contribution < -0.4 is 4.90 Å². The van der Waals surface area contributed by atoms with E-state index in [4.69, 9.17) is 0 Å². The predicted octanol–water partition coefficient (Wildman–Crippen LogP) is 3.15. The molecule has 1 aliphatic rings. The molecule has 0 saturated carbocycles. The summed E-state index contributed by atoms with van der Waals surface area (Å²) in [5, 5.41) is 3.06. The van der Waals surface area contributed by atoms with Crippen LogP contribution in [0.2, 0.25) is 0 Å². The van der Waals surface area contributed by atoms with Crippen LogP contribution in [0, 0.1) is 6.92 Å². The van der Waals surface area contributed by atoms with Crippen molar-refractivity contribution in [2.24, 2.45) is 0 Å². The van der Waals surface area contributed by atoms with E-state index >= 15 is 0 Å². The molecule has 0 spiro atoms. The zero-order chi connectivity index (χ0) is 15.4. The Labute approximate surface area is 147 Å². The highest BCUT2D eigenvalue weighted by Crippen LogP contribution is 2.19. The van der Waals surface area contributed by atoms with Crippen LogP contribution in [0.25, 0.3) is 0 Å². The third-order valence-corrected chi connectivity index (χ3v) is 4.90. The first kappa shape index (κ1) is 17.8. The zero-order valence-corrected chi connectivity index (χ0v) is 14.9. The molecule has 1 aliphatic heterocycles. The largest absolute Gasteiger partial charge is 0.345 e. The van der Waals surface area contributed by atoms with Crippen LogP contribution in [0.15, 0.2) is 35.8 Å². The van der Waals surface area contributed by atoms with Gasteiger partial charge in [0.25, 0.3) is 0 Å². The summed E-state index contributed by atoms with van der Waals surface area (Å²) in [7, 11) is 0. The highest BCUT2D eigenvalue weighted by atomic mass is 35.5. The maximum Gasteiger partial charge on any atom is 0.223 e. The molecule has 0 bridgehead atoms. The molecule has 3 rings (SSSR count). The number of halogens is 1. The van der Waals surface area contributed by atoms with Crippen molar-refractivity contribution in [1.29, 1.82) is 0 Å². The molecule has 1 fully saturated rings. The summed E-state index contributed by atoms with van der Waals surface area (Å²) in [6, 6.07) is 8.44. The molecule has 0 aliphatic carbocycles. The van der Waals surface area contributed by atoms with Crippen LogP contribution in [0.4, 0.5) is 5.13 Å². The van der Waals surface area contributed by atoms with E-state index < -0.39 is 0 Å². The molecule has 4 nitrogen and oxygen atoms in total. The monoisotopic (exact) mass is 351 g/mol. The maximum atomic E-state index is 12.3. The predicted molar refractivity (Wildman–Crippen MR) is 97.7 cm³/mol. The lowest BCUT2D eigenvalue weighted by Crippen LogP contribution is -2.48. The number of nitrogens with zero attached hydrogens (tertiary/aromatic N) is 3. The van der Waals surface area contributed by atoms with Crippen LogP contribution in [-0.2, 0) is 11.2 Å². The number of benzene rings is 1. The topological polar surface area (TPSA) is 36.4 Å². The fourth-order valence-corrected chi connectivity index (χ4v) is 3.38. The van der Waals surface area contributed by atoms with Gasteiger partial charge in [0, 0.05) is 44.2 Å². The highest BCUT2D eigenvalue weighted by Gasteiger charge is 2.21. The van der Waals surface area contributed by atoms with Crippen molar-refractivity contribution in [3.63, 3.8) is 0 Å². The second-order valence-electron chi connectivity index (χ2n) is 5.67. The fraction of sp³-hybridized carbons (Fsp3) is 0.412. The molecular formula is C17H22ClN3OS. The summed E-state index contributed by atoms with van der Waals surface area (Å²) in [4.78, 5) is 20.9. The van der Waals surface area contributed by atoms with Gasteiger partial charge in [0.05, 0.1) is 0 Å². The summed E-state index contributed by atoms with van der Waals surface area (Å²) in [6.45, 7) is 5.43. The molecule has 1 saturated heterocycles. The lowest BCUT2D eigenvalue weighted by atomic mass is 10.1. The Hall–Kier alpha value is -1.59. The van der Waals surface area contributed by atoms with Crippen molar-refractivity contribution in [2.75, 3.05) is 31.1 Å². The first-order chi connectivity index (χ1) is 10.7. The number of aromatic nitrogens is 1. The van der Waals surface area contributed by atoms with Gasteiger partial charge < -0.3 is 9.80 Å². The smallest absolute Gasteiger partial charge is 0.223 e. The van der Waals surface area contributed by atoms with Crippen molar-refractivity contribution in [2.45, 2.75) is 19.8 Å². The Kier molecular flexibility index (Phi) is 6.42. The van der Waals surface area contributed by atoms with Crippen LogP contribution in [0.5, 0.6) is 0 Å². The molecule has 0 radical (unpaired) electrons. The van der Waals surface area contributed by atoms with E-state index in [1.165, 1.54) is 11.1 Å². The van der Waals surface area contributed by atoms with Crippen molar-refractivity contribution in [3.8, 4) is 0 Å². The van der Waals surface area contributed by atoms with Gasteiger partial charge in [-0.25, -0.2) is 4.98 Å². The van der Waals surface area contributed by atoms with E-state index in [-0.39, 0.29) is 18.3 Å². The van der Waals surface area contributed by atoms with Gasteiger partial charge in [0.15, 0.2) is 5.13 Å². The quantitative estimate of drug-likeness (QED) is 0.849. The number of carbonyl (C=O) groups is 1. The molecule has 124 valence electrons. The molecular weight excluding hydrogens is 330 g/mol. The van der Waals surface area contributed by atoms with Crippen molar-refractivity contribution < 1.29 is 4.79 Å². The summed E-state index contributed by atoms with van der Waals surface area (Å²) in [5.41, 5.74) is 2.49. The SMILES string of the molecule is Cc1ccc(CCC(=O)N2CCN(c3nccs3)CC2)cc1.Cl. The molecule has 1 aromatic heterocycles. The molecule has 2 heterocycles. The number of thiazole rings is 1. The molecule has 0 N–H and O–H groups in total. The van der Waals surface area contributed by atoms with Gasteiger partial charge in [0.2, 0.25) is 5.91 Å². The van der Waals surface area contributed by atoms with E-state index in [0.29, 0.717) is 6.42 Å². The molecule has 1 amide bonds. The summed E-state index contributed by atoms with van der Waals surface area (Å²) in [6.07, 6.45) is 3.26. The van der Waals surface area contributed by atoms with Gasteiger partial charge >= 0.3 is 0 Å². The maximum absolute atomic E-state index is 12.3. The van der Waals surface area contributed by atoms with Gasteiger partial charge in [0.1, 0.15) is 0 Å². The Morgan fingerprint density at radius 3 is 2.48 bits per heavy atom. The number of rotatable bonds is 4. The molecule has 1 aromatic carbocycles. The number of hydrogen-bond acceptors (Lipinski definition) is 4. The third kappa shape index (κ3) is 4.69. The van der Waals surface area contributed by atoms with Crippen LogP contribution in [0.3, 0.4) is 0 Å². The Morgan fingerprint density at radius 1 is 1.17 bits per heavy atom. The fourth-order valence-electron chi connectivity index (χ4n) is 2.68. The number of amides is 1. The normalized spacial score (nSPS) is 14.5. The molecule has 0 unspecified atom stereocenters. The van der Waals surface area contributed by atoms with Crippen LogP contribution in [-0.4, -0.2) is 42.0 Å². The van der Waals surface area contributed by atoms with Gasteiger partial charge in [-0.2, -0.15) is 0 Å². The highest BCUT2D eigenvalue weighted by molar-refractivity contribution is 7.13. The van der Waals surface area contributed by atoms with Crippen LogP contribution >= 0.6 is 23.7 Å². The lowest BCUT2D eigenvalue weighted by molar-refractivity contribution is -0.131. The van der Waals surface area contributed by atoms with E-state index in [1.54, 1.807) is 11.3 Å². The Balaban J connectivity index is 0.00000192. The second kappa shape index (κ2) is 8.31. The van der Waals surface area contributed by atoms with Crippen LogP contribution in [0.1, 0.15) is 17.5 Å². The minimum absolute atomic E-state index is 0. The van der Waals surface area contributed by atoms with Crippen molar-refractivity contribution >= 4 is 34.8 Å². The minimum atomic E-state index is 0. The van der Waals surface area contributed by atoms with E-state index in [9.17, 15) is 4.79 Å². The lowest BCUT2D eigenvalue weighted by Gasteiger charge is -2.34. The van der Waals surface area contributed by atoms with E-state index in [2.05, 4.69) is 41.1 Å². The molecule has 0 atom stereocenters. The number of anilines is 1. The first-order valence-corrected chi connectivity index (χ1v) is 8.58. The average molecular weight is 352 g/mol. The van der Waals surface area contributed by atoms with Crippen molar-refractivity contribution in [3.05, 3.63) is 47.0 Å². The number of piperazine rings is 1. The third-order valence-electron chi connectivity index (χ3n) is 4.07. The summed E-state index contributed by atoms with van der Waals surface area (Å²) >= 11 is 1.66. The van der Waals surface area contributed by atoms with E-state index in [0.717, 1.165) is 37.7 Å². The molecule has 2 aromatic rings. The van der Waals surface area contributed by atoms with E-state index in [1.807, 2.05) is 16.5 Å². The van der Waals surface area contributed by atoms with Gasteiger partial charge in [-0.1, -0.05) is 29.8 Å². The van der Waals surface area contributed by atoms with Crippen molar-refractivity contribution in [1.82, 2.24) is 9.88 Å².